The fourth-order valence-electron chi connectivity index (χ4n) is 2.74. The van der Waals surface area contributed by atoms with Crippen LogP contribution < -0.4 is 10.1 Å². The van der Waals surface area contributed by atoms with Crippen LogP contribution >= 0.6 is 11.8 Å². The SMILES string of the molecule is CCC(CSC)NC1CC(c2cccc(OC)c2)C1. The fourth-order valence-corrected chi connectivity index (χ4v) is 3.47. The van der Waals surface area contributed by atoms with E-state index in [2.05, 4.69) is 36.7 Å². The number of rotatable bonds is 7. The standard InChI is InChI=1S/C16H25NOS/c1-4-14(11-19-3)17-15-8-13(9-15)12-6-5-7-16(10-12)18-2/h5-7,10,13-15,17H,4,8-9,11H2,1-3H3. The number of hydrogen-bond donors (Lipinski definition) is 1. The smallest absolute Gasteiger partial charge is 0.119 e. The monoisotopic (exact) mass is 279 g/mol. The summed E-state index contributed by atoms with van der Waals surface area (Å²) in [5.41, 5.74) is 1.43. The highest BCUT2D eigenvalue weighted by atomic mass is 32.2. The van der Waals surface area contributed by atoms with Crippen molar-refractivity contribution in [2.45, 2.75) is 44.2 Å². The number of benzene rings is 1. The minimum atomic E-state index is 0.672. The Bertz CT molecular complexity index is 390. The van der Waals surface area contributed by atoms with Crippen molar-refractivity contribution in [3.8, 4) is 5.75 Å². The van der Waals surface area contributed by atoms with Gasteiger partial charge in [-0.3, -0.25) is 0 Å². The summed E-state index contributed by atoms with van der Waals surface area (Å²) in [4.78, 5) is 0. The summed E-state index contributed by atoms with van der Waals surface area (Å²) in [6, 6.07) is 9.89. The average molecular weight is 279 g/mol. The fraction of sp³-hybridized carbons (Fsp3) is 0.625. The summed E-state index contributed by atoms with van der Waals surface area (Å²) < 4.78 is 5.30. The first-order chi connectivity index (χ1) is 9.26. The molecule has 0 radical (unpaired) electrons. The van der Waals surface area contributed by atoms with E-state index in [9.17, 15) is 0 Å². The van der Waals surface area contributed by atoms with Crippen LogP contribution in [-0.4, -0.2) is 31.2 Å². The number of methoxy groups -OCH3 is 1. The molecule has 0 saturated heterocycles. The van der Waals surface area contributed by atoms with Gasteiger partial charge in [-0.05, 0) is 49.1 Å². The maximum absolute atomic E-state index is 5.30. The largest absolute Gasteiger partial charge is 0.497 e. The van der Waals surface area contributed by atoms with Crippen molar-refractivity contribution >= 4 is 11.8 Å². The third-order valence-corrected chi connectivity index (χ3v) is 4.77. The summed E-state index contributed by atoms with van der Waals surface area (Å²) in [6.45, 7) is 2.27. The van der Waals surface area contributed by atoms with E-state index >= 15 is 0 Å². The number of thioether (sulfide) groups is 1. The Hall–Kier alpha value is -0.670. The first-order valence-electron chi connectivity index (χ1n) is 7.15. The molecule has 1 N–H and O–H groups in total. The predicted molar refractivity (Wildman–Crippen MR) is 84.4 cm³/mol. The van der Waals surface area contributed by atoms with Crippen LogP contribution in [-0.2, 0) is 0 Å². The van der Waals surface area contributed by atoms with Crippen molar-refractivity contribution in [1.82, 2.24) is 5.32 Å². The van der Waals surface area contributed by atoms with Gasteiger partial charge < -0.3 is 10.1 Å². The van der Waals surface area contributed by atoms with Crippen LogP contribution in [0.3, 0.4) is 0 Å². The van der Waals surface area contributed by atoms with Gasteiger partial charge in [-0.2, -0.15) is 11.8 Å². The van der Waals surface area contributed by atoms with Crippen LogP contribution in [0, 0.1) is 0 Å². The van der Waals surface area contributed by atoms with Crippen LogP contribution in [0.5, 0.6) is 5.75 Å². The van der Waals surface area contributed by atoms with Gasteiger partial charge in [0.05, 0.1) is 7.11 Å². The molecule has 0 spiro atoms. The zero-order chi connectivity index (χ0) is 13.7. The Morgan fingerprint density at radius 2 is 2.21 bits per heavy atom. The van der Waals surface area contributed by atoms with E-state index in [1.54, 1.807) is 7.11 Å². The molecule has 1 atom stereocenters. The molecule has 106 valence electrons. The van der Waals surface area contributed by atoms with Crippen molar-refractivity contribution in [2.75, 3.05) is 19.1 Å². The third kappa shape index (κ3) is 3.90. The van der Waals surface area contributed by atoms with Crippen LogP contribution in [0.2, 0.25) is 0 Å². The molecule has 1 aliphatic rings. The van der Waals surface area contributed by atoms with Crippen molar-refractivity contribution in [1.29, 1.82) is 0 Å². The highest BCUT2D eigenvalue weighted by Crippen LogP contribution is 2.38. The van der Waals surface area contributed by atoms with E-state index in [1.807, 2.05) is 17.8 Å². The first-order valence-corrected chi connectivity index (χ1v) is 8.55. The second kappa shape index (κ2) is 7.20. The molecule has 2 nitrogen and oxygen atoms in total. The Labute approximate surface area is 121 Å². The van der Waals surface area contributed by atoms with E-state index < -0.39 is 0 Å². The molecule has 0 bridgehead atoms. The van der Waals surface area contributed by atoms with Crippen molar-refractivity contribution in [3.63, 3.8) is 0 Å². The molecule has 19 heavy (non-hydrogen) atoms. The lowest BCUT2D eigenvalue weighted by atomic mass is 9.75. The van der Waals surface area contributed by atoms with Gasteiger partial charge in [0, 0.05) is 17.8 Å². The molecular formula is C16H25NOS. The summed E-state index contributed by atoms with van der Waals surface area (Å²) in [6.07, 6.45) is 5.93. The molecular weight excluding hydrogens is 254 g/mol. The molecule has 1 unspecified atom stereocenters. The van der Waals surface area contributed by atoms with Gasteiger partial charge >= 0.3 is 0 Å². The van der Waals surface area contributed by atoms with Gasteiger partial charge in [0.15, 0.2) is 0 Å². The van der Waals surface area contributed by atoms with Crippen LogP contribution in [0.1, 0.15) is 37.7 Å². The zero-order valence-electron chi connectivity index (χ0n) is 12.2. The third-order valence-electron chi connectivity index (χ3n) is 4.04. The zero-order valence-corrected chi connectivity index (χ0v) is 13.0. The summed E-state index contributed by atoms with van der Waals surface area (Å²) in [5, 5.41) is 3.78. The van der Waals surface area contributed by atoms with E-state index in [1.165, 1.54) is 30.6 Å². The topological polar surface area (TPSA) is 21.3 Å². The van der Waals surface area contributed by atoms with Crippen LogP contribution in [0.25, 0.3) is 0 Å². The lowest BCUT2D eigenvalue weighted by Crippen LogP contribution is -2.46. The number of ether oxygens (including phenoxy) is 1. The van der Waals surface area contributed by atoms with E-state index in [-0.39, 0.29) is 0 Å². The van der Waals surface area contributed by atoms with Gasteiger partial charge in [-0.25, -0.2) is 0 Å². The lowest BCUT2D eigenvalue weighted by Gasteiger charge is -2.38. The van der Waals surface area contributed by atoms with Crippen LogP contribution in [0.4, 0.5) is 0 Å². The molecule has 1 aromatic carbocycles. The van der Waals surface area contributed by atoms with Gasteiger partial charge in [0.1, 0.15) is 5.75 Å². The van der Waals surface area contributed by atoms with Gasteiger partial charge in [0.25, 0.3) is 0 Å². The molecule has 0 aliphatic heterocycles. The van der Waals surface area contributed by atoms with Gasteiger partial charge in [0.2, 0.25) is 0 Å². The maximum atomic E-state index is 5.30. The second-order valence-corrected chi connectivity index (χ2v) is 6.28. The molecule has 0 aromatic heterocycles. The molecule has 3 heteroatoms. The van der Waals surface area contributed by atoms with Crippen molar-refractivity contribution < 1.29 is 4.74 Å². The highest BCUT2D eigenvalue weighted by molar-refractivity contribution is 7.98. The first kappa shape index (κ1) is 14.7. The average Bonchev–Trinajstić information content (AvgIpc) is 2.41. The molecule has 1 saturated carbocycles. The quantitative estimate of drug-likeness (QED) is 0.823. The van der Waals surface area contributed by atoms with Crippen LogP contribution in [0.15, 0.2) is 24.3 Å². The summed E-state index contributed by atoms with van der Waals surface area (Å²) >= 11 is 1.93. The van der Waals surface area contributed by atoms with E-state index in [0.717, 1.165) is 5.75 Å². The molecule has 0 heterocycles. The minimum absolute atomic E-state index is 0.672. The lowest BCUT2D eigenvalue weighted by molar-refractivity contribution is 0.268. The predicted octanol–water partition coefficient (Wildman–Crippen LogP) is 3.67. The Morgan fingerprint density at radius 1 is 1.42 bits per heavy atom. The Morgan fingerprint density at radius 3 is 2.84 bits per heavy atom. The molecule has 0 amide bonds. The maximum Gasteiger partial charge on any atom is 0.119 e. The Balaban J connectivity index is 1.82. The molecule has 2 rings (SSSR count). The molecule has 1 aromatic rings. The van der Waals surface area contributed by atoms with Crippen molar-refractivity contribution in [3.05, 3.63) is 29.8 Å². The summed E-state index contributed by atoms with van der Waals surface area (Å²) in [7, 11) is 1.73. The van der Waals surface area contributed by atoms with Gasteiger partial charge in [-0.1, -0.05) is 19.1 Å². The van der Waals surface area contributed by atoms with E-state index in [4.69, 9.17) is 4.74 Å². The number of hydrogen-bond acceptors (Lipinski definition) is 3. The molecule has 1 aliphatic carbocycles. The second-order valence-electron chi connectivity index (χ2n) is 5.37. The van der Waals surface area contributed by atoms with Crippen molar-refractivity contribution in [2.24, 2.45) is 0 Å². The normalized spacial score (nSPS) is 23.7. The minimum Gasteiger partial charge on any atom is -0.497 e. The van der Waals surface area contributed by atoms with E-state index in [0.29, 0.717) is 18.0 Å². The highest BCUT2D eigenvalue weighted by Gasteiger charge is 2.31. The van der Waals surface area contributed by atoms with Gasteiger partial charge in [-0.15, -0.1) is 0 Å². The molecule has 1 fully saturated rings. The number of nitrogens with one attached hydrogen (secondary N) is 1. The Kier molecular flexibility index (Phi) is 5.59. The summed E-state index contributed by atoms with van der Waals surface area (Å²) in [5.74, 6) is 2.90.